The molecule has 0 saturated heterocycles. The molecule has 29 heavy (non-hydrogen) atoms. The van der Waals surface area contributed by atoms with Crippen LogP contribution in [0.2, 0.25) is 0 Å². The highest BCUT2D eigenvalue weighted by atomic mass is 16.5. The number of nitrogens with zero attached hydrogens (tertiary/aromatic N) is 3. The number of rotatable bonds is 7. The van der Waals surface area contributed by atoms with Gasteiger partial charge in [-0.25, -0.2) is 0 Å². The molecule has 0 spiro atoms. The van der Waals surface area contributed by atoms with E-state index in [-0.39, 0.29) is 30.7 Å². The molecule has 0 saturated carbocycles. The van der Waals surface area contributed by atoms with Gasteiger partial charge in [-0.15, -0.1) is 0 Å². The van der Waals surface area contributed by atoms with Gasteiger partial charge in [-0.05, 0) is 12.1 Å². The lowest BCUT2D eigenvalue weighted by Crippen LogP contribution is -2.35. The molecule has 0 aliphatic carbocycles. The molecule has 3 aromatic rings. The first-order valence-electron chi connectivity index (χ1n) is 9.23. The Morgan fingerprint density at radius 2 is 1.62 bits per heavy atom. The quantitative estimate of drug-likeness (QED) is 0.619. The van der Waals surface area contributed by atoms with Crippen LogP contribution in [0.5, 0.6) is 0 Å². The molecule has 4 rings (SSSR count). The topological polar surface area (TPSA) is 105 Å². The minimum Gasteiger partial charge on any atom is -0.356 e. The van der Waals surface area contributed by atoms with E-state index in [1.165, 1.54) is 0 Å². The van der Waals surface area contributed by atoms with Gasteiger partial charge in [0, 0.05) is 31.5 Å². The van der Waals surface area contributed by atoms with E-state index in [1.807, 2.05) is 30.3 Å². The number of imide groups is 1. The van der Waals surface area contributed by atoms with Crippen molar-refractivity contribution >= 4 is 17.7 Å². The molecule has 1 aliphatic rings. The van der Waals surface area contributed by atoms with E-state index in [2.05, 4.69) is 15.5 Å². The van der Waals surface area contributed by atoms with E-state index in [0.29, 0.717) is 35.8 Å². The Morgan fingerprint density at radius 3 is 2.31 bits per heavy atom. The molecule has 0 radical (unpaired) electrons. The summed E-state index contributed by atoms with van der Waals surface area (Å²) >= 11 is 0. The number of hydrogen-bond acceptors (Lipinski definition) is 6. The molecule has 8 nitrogen and oxygen atoms in total. The van der Waals surface area contributed by atoms with Crippen LogP contribution in [0.4, 0.5) is 0 Å². The van der Waals surface area contributed by atoms with Crippen molar-refractivity contribution in [2.45, 2.75) is 12.8 Å². The summed E-state index contributed by atoms with van der Waals surface area (Å²) in [7, 11) is 0. The second-order valence-corrected chi connectivity index (χ2v) is 6.54. The van der Waals surface area contributed by atoms with Gasteiger partial charge < -0.3 is 9.84 Å². The summed E-state index contributed by atoms with van der Waals surface area (Å²) < 4.78 is 5.20. The first-order valence-corrected chi connectivity index (χ1v) is 9.23. The fourth-order valence-electron chi connectivity index (χ4n) is 3.11. The van der Waals surface area contributed by atoms with Gasteiger partial charge in [0.1, 0.15) is 0 Å². The maximum absolute atomic E-state index is 12.3. The summed E-state index contributed by atoms with van der Waals surface area (Å²) in [5.74, 6) is -0.0678. The first kappa shape index (κ1) is 18.5. The summed E-state index contributed by atoms with van der Waals surface area (Å²) in [6.45, 7) is 0.355. The lowest BCUT2D eigenvalue weighted by molar-refractivity contribution is -0.121. The lowest BCUT2D eigenvalue weighted by Gasteiger charge is -2.13. The van der Waals surface area contributed by atoms with Crippen LogP contribution >= 0.6 is 0 Å². The zero-order chi connectivity index (χ0) is 20.2. The van der Waals surface area contributed by atoms with Gasteiger partial charge in [0.2, 0.25) is 17.6 Å². The number of benzene rings is 2. The monoisotopic (exact) mass is 390 g/mol. The molecule has 8 heteroatoms. The van der Waals surface area contributed by atoms with E-state index in [4.69, 9.17) is 4.52 Å². The van der Waals surface area contributed by atoms with E-state index in [0.717, 1.165) is 10.5 Å². The third kappa shape index (κ3) is 3.91. The maximum atomic E-state index is 12.3. The van der Waals surface area contributed by atoms with Crippen molar-refractivity contribution < 1.29 is 18.9 Å². The number of hydrogen-bond donors (Lipinski definition) is 1. The highest BCUT2D eigenvalue weighted by Crippen LogP contribution is 2.22. The van der Waals surface area contributed by atoms with Crippen molar-refractivity contribution in [3.63, 3.8) is 0 Å². The number of aromatic nitrogens is 2. The second kappa shape index (κ2) is 8.05. The fourth-order valence-corrected chi connectivity index (χ4v) is 3.11. The minimum atomic E-state index is -0.363. The summed E-state index contributed by atoms with van der Waals surface area (Å²) in [5, 5.41) is 6.67. The minimum absolute atomic E-state index is 0.0323. The third-order valence-corrected chi connectivity index (χ3v) is 4.60. The van der Waals surface area contributed by atoms with Crippen LogP contribution in [0.3, 0.4) is 0 Å². The Bertz CT molecular complexity index is 1030. The Balaban J connectivity index is 1.24. The van der Waals surface area contributed by atoms with Crippen molar-refractivity contribution in [3.8, 4) is 11.4 Å². The Hall–Kier alpha value is -3.81. The van der Waals surface area contributed by atoms with Crippen LogP contribution in [0, 0.1) is 0 Å². The van der Waals surface area contributed by atoms with E-state index < -0.39 is 0 Å². The second-order valence-electron chi connectivity index (χ2n) is 6.54. The van der Waals surface area contributed by atoms with Crippen molar-refractivity contribution in [1.29, 1.82) is 0 Å². The molecule has 1 aromatic heterocycles. The summed E-state index contributed by atoms with van der Waals surface area (Å²) in [5.41, 5.74) is 1.61. The standard InChI is InChI=1S/C21H18N4O4/c26-17(11-13-25-20(27)15-8-4-5-9-16(15)21(25)28)22-12-10-18-23-19(24-29-18)14-6-2-1-3-7-14/h1-9H,10-13H2,(H,22,26). The highest BCUT2D eigenvalue weighted by molar-refractivity contribution is 6.21. The normalized spacial score (nSPS) is 12.9. The Labute approximate surface area is 166 Å². The zero-order valence-corrected chi connectivity index (χ0v) is 15.5. The van der Waals surface area contributed by atoms with Gasteiger partial charge in [0.15, 0.2) is 0 Å². The summed E-state index contributed by atoms with van der Waals surface area (Å²) in [6.07, 6.45) is 0.420. The zero-order valence-electron chi connectivity index (χ0n) is 15.5. The fraction of sp³-hybridized carbons (Fsp3) is 0.190. The van der Waals surface area contributed by atoms with Gasteiger partial charge in [0.05, 0.1) is 11.1 Å². The van der Waals surface area contributed by atoms with Crippen molar-refractivity contribution in [3.05, 3.63) is 71.6 Å². The van der Waals surface area contributed by atoms with Gasteiger partial charge in [0.25, 0.3) is 11.8 Å². The molecule has 0 fully saturated rings. The average molecular weight is 390 g/mol. The number of carbonyl (C=O) groups is 3. The number of nitrogens with one attached hydrogen (secondary N) is 1. The molecule has 0 atom stereocenters. The molecule has 2 heterocycles. The molecule has 3 amide bonds. The van der Waals surface area contributed by atoms with Gasteiger partial charge >= 0.3 is 0 Å². The van der Waals surface area contributed by atoms with Gasteiger partial charge in [-0.3, -0.25) is 19.3 Å². The number of carbonyl (C=O) groups excluding carboxylic acids is 3. The van der Waals surface area contributed by atoms with Crippen LogP contribution in [0.1, 0.15) is 33.0 Å². The third-order valence-electron chi connectivity index (χ3n) is 4.60. The predicted octanol–water partition coefficient (Wildman–Crippen LogP) is 2.08. The summed E-state index contributed by atoms with van der Waals surface area (Å²) in [4.78, 5) is 42.1. The first-order chi connectivity index (χ1) is 14.1. The van der Waals surface area contributed by atoms with Crippen molar-refractivity contribution in [2.24, 2.45) is 0 Å². The van der Waals surface area contributed by atoms with E-state index in [1.54, 1.807) is 24.3 Å². The number of fused-ring (bicyclic) bond motifs is 1. The van der Waals surface area contributed by atoms with Crippen molar-refractivity contribution in [2.75, 3.05) is 13.1 Å². The summed E-state index contributed by atoms with van der Waals surface area (Å²) in [6, 6.07) is 16.1. The molecule has 0 unspecified atom stereocenters. The molecule has 1 aliphatic heterocycles. The van der Waals surface area contributed by atoms with Gasteiger partial charge in [-0.2, -0.15) is 4.98 Å². The van der Waals surface area contributed by atoms with Crippen LogP contribution in [0.15, 0.2) is 59.1 Å². The smallest absolute Gasteiger partial charge is 0.261 e. The highest BCUT2D eigenvalue weighted by Gasteiger charge is 2.34. The number of amides is 3. The predicted molar refractivity (Wildman–Crippen MR) is 103 cm³/mol. The Kier molecular flexibility index (Phi) is 5.15. The average Bonchev–Trinajstić information content (AvgIpc) is 3.31. The molecule has 1 N–H and O–H groups in total. The van der Waals surface area contributed by atoms with Crippen molar-refractivity contribution in [1.82, 2.24) is 20.4 Å². The largest absolute Gasteiger partial charge is 0.356 e. The lowest BCUT2D eigenvalue weighted by atomic mass is 10.1. The SMILES string of the molecule is O=C(CCN1C(=O)c2ccccc2C1=O)NCCc1nc(-c2ccccc2)no1. The molecular weight excluding hydrogens is 372 g/mol. The Morgan fingerprint density at radius 1 is 0.966 bits per heavy atom. The molecular formula is C21H18N4O4. The van der Waals surface area contributed by atoms with Crippen LogP contribution in [-0.4, -0.2) is 45.9 Å². The molecule has 2 aromatic carbocycles. The van der Waals surface area contributed by atoms with E-state index in [9.17, 15) is 14.4 Å². The molecule has 0 bridgehead atoms. The van der Waals surface area contributed by atoms with Crippen LogP contribution in [0.25, 0.3) is 11.4 Å². The van der Waals surface area contributed by atoms with Gasteiger partial charge in [-0.1, -0.05) is 47.6 Å². The molecule has 146 valence electrons. The van der Waals surface area contributed by atoms with Crippen LogP contribution < -0.4 is 5.32 Å². The van der Waals surface area contributed by atoms with Crippen LogP contribution in [-0.2, 0) is 11.2 Å². The van der Waals surface area contributed by atoms with E-state index >= 15 is 0 Å². The maximum Gasteiger partial charge on any atom is 0.261 e.